The van der Waals surface area contributed by atoms with Crippen molar-refractivity contribution in [3.63, 3.8) is 0 Å². The molecule has 60 valence electrons. The highest BCUT2D eigenvalue weighted by Crippen LogP contribution is 2.59. The molecule has 0 aromatic rings. The largest absolute Gasteiger partial charge is 0.0654 e. The van der Waals surface area contributed by atoms with Gasteiger partial charge < -0.3 is 0 Å². The van der Waals surface area contributed by atoms with Gasteiger partial charge in [-0.3, -0.25) is 0 Å². The van der Waals surface area contributed by atoms with E-state index in [0.717, 1.165) is 0 Å². The van der Waals surface area contributed by atoms with E-state index in [-0.39, 0.29) is 0 Å². The first-order valence-corrected chi connectivity index (χ1v) is 4.52. The van der Waals surface area contributed by atoms with Crippen molar-refractivity contribution in [2.75, 3.05) is 0 Å². The minimum absolute atomic E-state index is 0.599. The predicted octanol–water partition coefficient (Wildman–Crippen LogP) is 3.61. The van der Waals surface area contributed by atoms with E-state index in [2.05, 4.69) is 27.7 Å². The maximum atomic E-state index is 2.43. The molecule has 1 aliphatic carbocycles. The molecular formula is C10H20. The Morgan fingerprint density at radius 1 is 1.30 bits per heavy atom. The Morgan fingerprint density at radius 2 is 1.80 bits per heavy atom. The third-order valence-electron chi connectivity index (χ3n) is 3.51. The molecule has 0 bridgehead atoms. The fourth-order valence-electron chi connectivity index (χ4n) is 1.79. The molecule has 0 N–H and O–H groups in total. The number of rotatable bonds is 3. The third kappa shape index (κ3) is 1.21. The lowest BCUT2D eigenvalue weighted by Crippen LogP contribution is -2.22. The molecule has 0 heterocycles. The van der Waals surface area contributed by atoms with Gasteiger partial charge in [0, 0.05) is 0 Å². The van der Waals surface area contributed by atoms with Crippen LogP contribution >= 0.6 is 0 Å². The molecule has 0 aliphatic heterocycles. The summed E-state index contributed by atoms with van der Waals surface area (Å²) in [6, 6.07) is 0. The van der Waals surface area contributed by atoms with Crippen molar-refractivity contribution in [3.05, 3.63) is 0 Å². The van der Waals surface area contributed by atoms with Crippen molar-refractivity contribution in [1.29, 1.82) is 0 Å². The summed E-state index contributed by atoms with van der Waals surface area (Å²) in [6.45, 7) is 9.56. The van der Waals surface area contributed by atoms with Gasteiger partial charge in [-0.1, -0.05) is 34.1 Å². The maximum Gasteiger partial charge on any atom is -0.0274 e. The summed E-state index contributed by atoms with van der Waals surface area (Å²) in [4.78, 5) is 0. The first-order valence-electron chi connectivity index (χ1n) is 4.52. The van der Waals surface area contributed by atoms with Crippen LogP contribution in [0.2, 0.25) is 0 Å². The van der Waals surface area contributed by atoms with Crippen LogP contribution in [0, 0.1) is 10.8 Å². The van der Waals surface area contributed by atoms with Crippen molar-refractivity contribution < 1.29 is 0 Å². The van der Waals surface area contributed by atoms with E-state index in [1.165, 1.54) is 25.7 Å². The highest BCUT2D eigenvalue weighted by molar-refractivity contribution is 4.99. The van der Waals surface area contributed by atoms with Crippen LogP contribution in [-0.4, -0.2) is 0 Å². The summed E-state index contributed by atoms with van der Waals surface area (Å²) in [5, 5.41) is 0. The molecule has 0 aromatic carbocycles. The molecule has 1 rings (SSSR count). The summed E-state index contributed by atoms with van der Waals surface area (Å²) >= 11 is 0. The summed E-state index contributed by atoms with van der Waals surface area (Å²) in [5.41, 5.74) is 1.30. The van der Waals surface area contributed by atoms with Gasteiger partial charge in [0.15, 0.2) is 0 Å². The summed E-state index contributed by atoms with van der Waals surface area (Å²) in [5.74, 6) is 0. The molecule has 0 spiro atoms. The Labute approximate surface area is 65.0 Å². The van der Waals surface area contributed by atoms with Gasteiger partial charge in [0.25, 0.3) is 0 Å². The monoisotopic (exact) mass is 140 g/mol. The minimum atomic E-state index is 0.599. The van der Waals surface area contributed by atoms with Gasteiger partial charge in [0.1, 0.15) is 0 Å². The molecule has 1 aliphatic rings. The smallest absolute Gasteiger partial charge is 0.0274 e. The first-order chi connectivity index (χ1) is 4.52. The lowest BCUT2D eigenvalue weighted by atomic mass is 9.74. The van der Waals surface area contributed by atoms with Crippen molar-refractivity contribution in [1.82, 2.24) is 0 Å². The van der Waals surface area contributed by atoms with Gasteiger partial charge in [-0.15, -0.1) is 0 Å². The molecule has 10 heavy (non-hydrogen) atoms. The number of hydrogen-bond donors (Lipinski definition) is 0. The highest BCUT2D eigenvalue weighted by atomic mass is 14.5. The molecule has 0 unspecified atom stereocenters. The van der Waals surface area contributed by atoms with Gasteiger partial charge in [0.05, 0.1) is 0 Å². The molecule has 0 heteroatoms. The number of hydrogen-bond acceptors (Lipinski definition) is 0. The van der Waals surface area contributed by atoms with E-state index < -0.39 is 0 Å². The molecule has 0 saturated heterocycles. The Balaban J connectivity index is 2.50. The molecule has 0 amide bonds. The van der Waals surface area contributed by atoms with Crippen LogP contribution in [-0.2, 0) is 0 Å². The molecule has 1 saturated carbocycles. The average molecular weight is 140 g/mol. The Hall–Kier alpha value is 0. The lowest BCUT2D eigenvalue weighted by Gasteiger charge is -2.31. The summed E-state index contributed by atoms with van der Waals surface area (Å²) in [6.07, 6.45) is 5.64. The van der Waals surface area contributed by atoms with Gasteiger partial charge in [-0.05, 0) is 30.1 Å². The molecule has 0 nitrogen and oxygen atoms in total. The molecule has 0 atom stereocenters. The second-order valence-corrected chi connectivity index (χ2v) is 4.69. The van der Waals surface area contributed by atoms with Crippen LogP contribution in [0.5, 0.6) is 0 Å². The van der Waals surface area contributed by atoms with Crippen LogP contribution in [0.25, 0.3) is 0 Å². The van der Waals surface area contributed by atoms with Crippen LogP contribution in [0.3, 0.4) is 0 Å². The minimum Gasteiger partial charge on any atom is -0.0654 e. The fourth-order valence-corrected chi connectivity index (χ4v) is 1.79. The zero-order chi connectivity index (χ0) is 7.83. The zero-order valence-corrected chi connectivity index (χ0v) is 7.83. The SMILES string of the molecule is CCCC(C)(C)C1(C)CC1. The quantitative estimate of drug-likeness (QED) is 0.561. The van der Waals surface area contributed by atoms with Gasteiger partial charge in [-0.25, -0.2) is 0 Å². The van der Waals surface area contributed by atoms with Gasteiger partial charge >= 0.3 is 0 Å². The summed E-state index contributed by atoms with van der Waals surface area (Å²) in [7, 11) is 0. The van der Waals surface area contributed by atoms with Gasteiger partial charge in [0.2, 0.25) is 0 Å². The van der Waals surface area contributed by atoms with E-state index in [0.29, 0.717) is 10.8 Å². The topological polar surface area (TPSA) is 0 Å². The van der Waals surface area contributed by atoms with Crippen LogP contribution in [0.15, 0.2) is 0 Å². The Kier molecular flexibility index (Phi) is 1.82. The van der Waals surface area contributed by atoms with Gasteiger partial charge in [-0.2, -0.15) is 0 Å². The second kappa shape index (κ2) is 2.25. The van der Waals surface area contributed by atoms with Crippen LogP contribution in [0.4, 0.5) is 0 Å². The van der Waals surface area contributed by atoms with E-state index >= 15 is 0 Å². The normalized spacial score (nSPS) is 22.8. The van der Waals surface area contributed by atoms with E-state index in [9.17, 15) is 0 Å². The zero-order valence-electron chi connectivity index (χ0n) is 7.83. The highest BCUT2D eigenvalue weighted by Gasteiger charge is 2.49. The van der Waals surface area contributed by atoms with Crippen LogP contribution in [0.1, 0.15) is 53.4 Å². The molecule has 0 radical (unpaired) electrons. The average Bonchev–Trinajstić information content (AvgIpc) is 2.49. The van der Waals surface area contributed by atoms with Crippen LogP contribution < -0.4 is 0 Å². The van der Waals surface area contributed by atoms with E-state index in [4.69, 9.17) is 0 Å². The molecule has 0 aromatic heterocycles. The van der Waals surface area contributed by atoms with Crippen molar-refractivity contribution >= 4 is 0 Å². The molecular weight excluding hydrogens is 120 g/mol. The summed E-state index contributed by atoms with van der Waals surface area (Å²) < 4.78 is 0. The fraction of sp³-hybridized carbons (Fsp3) is 1.00. The first kappa shape index (κ1) is 8.10. The van der Waals surface area contributed by atoms with Crippen molar-refractivity contribution in [3.8, 4) is 0 Å². The maximum absolute atomic E-state index is 2.43. The standard InChI is InChI=1S/C10H20/c1-5-6-9(2,3)10(4)7-8-10/h5-8H2,1-4H3. The van der Waals surface area contributed by atoms with Crippen molar-refractivity contribution in [2.45, 2.75) is 53.4 Å². The lowest BCUT2D eigenvalue weighted by molar-refractivity contribution is 0.187. The van der Waals surface area contributed by atoms with Crippen molar-refractivity contribution in [2.24, 2.45) is 10.8 Å². The second-order valence-electron chi connectivity index (χ2n) is 4.69. The Bertz CT molecular complexity index is 118. The Morgan fingerprint density at radius 3 is 2.10 bits per heavy atom. The third-order valence-corrected chi connectivity index (χ3v) is 3.51. The van der Waals surface area contributed by atoms with E-state index in [1.807, 2.05) is 0 Å². The molecule has 1 fully saturated rings. The predicted molar refractivity (Wildman–Crippen MR) is 46.0 cm³/mol. The van der Waals surface area contributed by atoms with E-state index in [1.54, 1.807) is 0 Å².